The minimum absolute atomic E-state index is 0.241. The number of benzene rings is 3. The molecule has 0 amide bonds. The number of fused-ring (bicyclic) bond motifs is 4. The molecule has 0 fully saturated rings. The van der Waals surface area contributed by atoms with Crippen LogP contribution in [0.2, 0.25) is 0 Å². The van der Waals surface area contributed by atoms with E-state index in [2.05, 4.69) is 0 Å². The fraction of sp³-hybridized carbons (Fsp3) is 0. The first-order valence-electron chi connectivity index (χ1n) is 7.76. The topological polar surface area (TPSA) is 26.0 Å². The van der Waals surface area contributed by atoms with E-state index in [4.69, 9.17) is 9.40 Å². The Hall–Kier alpha value is -3.20. The van der Waals surface area contributed by atoms with Crippen molar-refractivity contribution in [2.24, 2.45) is 0 Å². The van der Waals surface area contributed by atoms with Crippen molar-refractivity contribution < 1.29 is 8.81 Å². The van der Waals surface area contributed by atoms with Gasteiger partial charge in [-0.3, -0.25) is 0 Å². The Balaban J connectivity index is 1.90. The summed E-state index contributed by atoms with van der Waals surface area (Å²) in [7, 11) is 0. The molecule has 2 heterocycles. The van der Waals surface area contributed by atoms with Gasteiger partial charge in [-0.25, -0.2) is 9.37 Å². The average molecular weight is 313 g/mol. The van der Waals surface area contributed by atoms with Crippen molar-refractivity contribution >= 4 is 32.6 Å². The molecule has 2 nitrogen and oxygen atoms in total. The van der Waals surface area contributed by atoms with Crippen molar-refractivity contribution in [1.29, 1.82) is 0 Å². The number of hydrogen-bond acceptors (Lipinski definition) is 2. The van der Waals surface area contributed by atoms with E-state index in [0.717, 1.165) is 38.5 Å². The molecule has 0 radical (unpaired) electrons. The van der Waals surface area contributed by atoms with E-state index in [-0.39, 0.29) is 5.82 Å². The summed E-state index contributed by atoms with van der Waals surface area (Å²) in [4.78, 5) is 4.77. The number of nitrogens with zero attached hydrogens (tertiary/aromatic N) is 1. The summed E-state index contributed by atoms with van der Waals surface area (Å²) in [5, 5.41) is 3.33. The molecule has 5 aromatic rings. The minimum atomic E-state index is -0.241. The highest BCUT2D eigenvalue weighted by atomic mass is 19.1. The summed E-state index contributed by atoms with van der Waals surface area (Å²) >= 11 is 0. The van der Waals surface area contributed by atoms with Crippen LogP contribution in [-0.4, -0.2) is 4.98 Å². The van der Waals surface area contributed by atoms with Crippen LogP contribution < -0.4 is 0 Å². The predicted octanol–water partition coefficient (Wildman–Crippen LogP) is 5.94. The summed E-state index contributed by atoms with van der Waals surface area (Å²) in [6.07, 6.45) is 1.65. The first-order chi connectivity index (χ1) is 11.8. The molecule has 0 unspecified atom stereocenters. The zero-order chi connectivity index (χ0) is 16.1. The summed E-state index contributed by atoms with van der Waals surface area (Å²) in [6.45, 7) is 0. The maximum atomic E-state index is 14.5. The summed E-state index contributed by atoms with van der Waals surface area (Å²) in [5.74, 6) is -0.241. The molecule has 0 N–H and O–H groups in total. The van der Waals surface area contributed by atoms with Gasteiger partial charge in [0.15, 0.2) is 0 Å². The van der Waals surface area contributed by atoms with Gasteiger partial charge in [-0.1, -0.05) is 36.4 Å². The lowest BCUT2D eigenvalue weighted by molar-refractivity contribution is 0.619. The van der Waals surface area contributed by atoms with E-state index in [1.807, 2.05) is 54.6 Å². The third-order valence-electron chi connectivity index (χ3n) is 4.39. The third-order valence-corrected chi connectivity index (χ3v) is 4.39. The quantitative estimate of drug-likeness (QED) is 0.383. The number of hydrogen-bond donors (Lipinski definition) is 0. The van der Waals surface area contributed by atoms with E-state index in [1.165, 1.54) is 0 Å². The van der Waals surface area contributed by atoms with Gasteiger partial charge >= 0.3 is 0 Å². The molecule has 3 heteroatoms. The molecule has 0 aliphatic heterocycles. The van der Waals surface area contributed by atoms with Crippen LogP contribution in [0.5, 0.6) is 0 Å². The molecule has 0 aliphatic rings. The van der Waals surface area contributed by atoms with Crippen molar-refractivity contribution in [3.8, 4) is 11.3 Å². The Kier molecular flexibility index (Phi) is 2.71. The molecule has 2 aromatic heterocycles. The van der Waals surface area contributed by atoms with Gasteiger partial charge in [0.25, 0.3) is 0 Å². The SMILES string of the molecule is Fc1cc(-c2nc3ccccc3c3occc23)cc2ccccc12. The highest BCUT2D eigenvalue weighted by molar-refractivity contribution is 6.08. The van der Waals surface area contributed by atoms with Crippen molar-refractivity contribution in [1.82, 2.24) is 4.98 Å². The Bertz CT molecular complexity index is 1220. The second-order valence-corrected chi connectivity index (χ2v) is 5.82. The summed E-state index contributed by atoms with van der Waals surface area (Å²) in [5.41, 5.74) is 3.11. The number of rotatable bonds is 1. The Morgan fingerprint density at radius 2 is 1.58 bits per heavy atom. The lowest BCUT2D eigenvalue weighted by atomic mass is 10.0. The second-order valence-electron chi connectivity index (χ2n) is 5.82. The van der Waals surface area contributed by atoms with E-state index < -0.39 is 0 Å². The van der Waals surface area contributed by atoms with E-state index in [9.17, 15) is 4.39 Å². The van der Waals surface area contributed by atoms with Gasteiger partial charge in [0, 0.05) is 21.7 Å². The largest absolute Gasteiger partial charge is 0.464 e. The van der Waals surface area contributed by atoms with Gasteiger partial charge in [-0.2, -0.15) is 0 Å². The van der Waals surface area contributed by atoms with Gasteiger partial charge in [0.2, 0.25) is 0 Å². The van der Waals surface area contributed by atoms with Crippen LogP contribution >= 0.6 is 0 Å². The van der Waals surface area contributed by atoms with Gasteiger partial charge in [-0.15, -0.1) is 0 Å². The van der Waals surface area contributed by atoms with Gasteiger partial charge in [0.1, 0.15) is 11.4 Å². The van der Waals surface area contributed by atoms with Crippen molar-refractivity contribution in [3.05, 3.63) is 78.8 Å². The van der Waals surface area contributed by atoms with Crippen molar-refractivity contribution in [3.63, 3.8) is 0 Å². The number of para-hydroxylation sites is 1. The lowest BCUT2D eigenvalue weighted by Crippen LogP contribution is -1.89. The van der Waals surface area contributed by atoms with Gasteiger partial charge in [-0.05, 0) is 35.7 Å². The summed E-state index contributed by atoms with van der Waals surface area (Å²) in [6, 6.07) is 20.7. The second kappa shape index (κ2) is 4.90. The van der Waals surface area contributed by atoms with Crippen LogP contribution in [0.3, 0.4) is 0 Å². The average Bonchev–Trinajstić information content (AvgIpc) is 3.11. The highest BCUT2D eigenvalue weighted by Gasteiger charge is 2.14. The standard InChI is InChI=1S/C21H12FNO/c22-18-12-14(11-13-5-1-2-6-15(13)18)20-17-9-10-24-21(17)16-7-3-4-8-19(16)23-20/h1-12H. The van der Waals surface area contributed by atoms with Gasteiger partial charge in [0.05, 0.1) is 17.5 Å². The van der Waals surface area contributed by atoms with E-state index >= 15 is 0 Å². The molecule has 3 aromatic carbocycles. The Labute approximate surface area is 137 Å². The van der Waals surface area contributed by atoms with E-state index in [0.29, 0.717) is 5.39 Å². The fourth-order valence-electron chi connectivity index (χ4n) is 3.27. The molecule has 0 aliphatic carbocycles. The van der Waals surface area contributed by atoms with Crippen molar-refractivity contribution in [2.75, 3.05) is 0 Å². The van der Waals surface area contributed by atoms with Crippen molar-refractivity contribution in [2.45, 2.75) is 0 Å². The maximum absolute atomic E-state index is 14.5. The number of pyridine rings is 1. The summed E-state index contributed by atoms with van der Waals surface area (Å²) < 4.78 is 20.2. The molecule has 0 spiro atoms. The molecule has 0 bridgehead atoms. The van der Waals surface area contributed by atoms with Crippen LogP contribution in [0.25, 0.3) is 43.9 Å². The van der Waals surface area contributed by atoms with Gasteiger partial charge < -0.3 is 4.42 Å². The molecule has 0 saturated carbocycles. The van der Waals surface area contributed by atoms with Crippen LogP contribution in [0.4, 0.5) is 4.39 Å². The third kappa shape index (κ3) is 1.85. The Morgan fingerprint density at radius 3 is 2.50 bits per heavy atom. The molecular formula is C21H12FNO. The molecule has 24 heavy (non-hydrogen) atoms. The maximum Gasteiger partial charge on any atom is 0.145 e. The highest BCUT2D eigenvalue weighted by Crippen LogP contribution is 2.34. The van der Waals surface area contributed by atoms with Crippen LogP contribution in [0.15, 0.2) is 77.4 Å². The predicted molar refractivity (Wildman–Crippen MR) is 94.4 cm³/mol. The smallest absolute Gasteiger partial charge is 0.145 e. The fourth-order valence-corrected chi connectivity index (χ4v) is 3.27. The molecule has 114 valence electrons. The number of furan rings is 1. The van der Waals surface area contributed by atoms with Crippen LogP contribution in [-0.2, 0) is 0 Å². The molecule has 5 rings (SSSR count). The van der Waals surface area contributed by atoms with Crippen LogP contribution in [0, 0.1) is 5.82 Å². The zero-order valence-electron chi connectivity index (χ0n) is 12.7. The zero-order valence-corrected chi connectivity index (χ0v) is 12.7. The van der Waals surface area contributed by atoms with E-state index in [1.54, 1.807) is 18.4 Å². The number of halogens is 1. The van der Waals surface area contributed by atoms with Crippen LogP contribution in [0.1, 0.15) is 0 Å². The molecule has 0 saturated heterocycles. The normalized spacial score (nSPS) is 11.5. The first-order valence-corrected chi connectivity index (χ1v) is 7.76. The monoisotopic (exact) mass is 313 g/mol. The lowest BCUT2D eigenvalue weighted by Gasteiger charge is -2.08. The first kappa shape index (κ1) is 13.3. The molecule has 0 atom stereocenters. The minimum Gasteiger partial charge on any atom is -0.464 e. The molecular weight excluding hydrogens is 301 g/mol. The Morgan fingerprint density at radius 1 is 0.792 bits per heavy atom. The number of aromatic nitrogens is 1.